The lowest BCUT2D eigenvalue weighted by Crippen LogP contribution is -2.10. The summed E-state index contributed by atoms with van der Waals surface area (Å²) in [7, 11) is 0. The molecule has 0 radical (unpaired) electrons. The Morgan fingerprint density at radius 1 is 1.03 bits per heavy atom. The first-order valence-corrected chi connectivity index (χ1v) is 11.6. The summed E-state index contributed by atoms with van der Waals surface area (Å²) in [6.07, 6.45) is 5.87. The summed E-state index contributed by atoms with van der Waals surface area (Å²) in [5.74, 6) is 2.51. The Hall–Kier alpha value is -3.43. The number of rotatable bonds is 9. The zero-order chi connectivity index (χ0) is 23.0. The van der Waals surface area contributed by atoms with E-state index in [2.05, 4.69) is 40.3 Å². The van der Waals surface area contributed by atoms with Gasteiger partial charge in [0.1, 0.15) is 18.2 Å². The van der Waals surface area contributed by atoms with Crippen LogP contribution in [0.15, 0.2) is 48.5 Å². The van der Waals surface area contributed by atoms with Crippen LogP contribution in [0.4, 0.5) is 0 Å². The average molecular weight is 443 g/mol. The van der Waals surface area contributed by atoms with E-state index in [1.165, 1.54) is 31.2 Å². The molecular weight excluding hydrogens is 412 g/mol. The van der Waals surface area contributed by atoms with Gasteiger partial charge in [-0.15, -0.1) is 0 Å². The maximum Gasteiger partial charge on any atom is 0.216 e. The molecule has 0 atom stereocenters. The van der Waals surface area contributed by atoms with Gasteiger partial charge < -0.3 is 15.2 Å². The van der Waals surface area contributed by atoms with Gasteiger partial charge in [-0.05, 0) is 68.0 Å². The molecule has 1 saturated carbocycles. The summed E-state index contributed by atoms with van der Waals surface area (Å²) >= 11 is 0. The Morgan fingerprint density at radius 2 is 1.82 bits per heavy atom. The molecule has 2 aromatic carbocycles. The van der Waals surface area contributed by atoms with Crippen LogP contribution in [0.1, 0.15) is 48.3 Å². The van der Waals surface area contributed by atoms with E-state index >= 15 is 0 Å². The highest BCUT2D eigenvalue weighted by molar-refractivity contribution is 5.71. The fourth-order valence-electron chi connectivity index (χ4n) is 4.25. The molecule has 0 bridgehead atoms. The highest BCUT2D eigenvalue weighted by Crippen LogP contribution is 2.32. The number of aryl methyl sites for hydroxylation is 1. The van der Waals surface area contributed by atoms with Gasteiger partial charge in [-0.1, -0.05) is 37.1 Å². The van der Waals surface area contributed by atoms with E-state index in [9.17, 15) is 5.26 Å². The third-order valence-corrected chi connectivity index (χ3v) is 5.99. The Kier molecular flexibility index (Phi) is 7.54. The lowest BCUT2D eigenvalue weighted by atomic mass is 10.0. The molecule has 0 aliphatic heterocycles. The number of nitrogens with zero attached hydrogens (tertiary/aromatic N) is 3. The predicted octanol–water partition coefficient (Wildman–Crippen LogP) is 4.97. The standard InChI is InChI=1S/C27H30N4O2/c1-19-30-24(15-27(31-19)33-17-21-4-2-3-5-21)18-32-26-14-22(16-29)8-11-25(26)23-9-6-20(7-10-23)12-13-28/h6-11,14-15,21H,2-5,12-13,17-18,28H2,1H3. The van der Waals surface area contributed by atoms with E-state index in [0.717, 1.165) is 23.2 Å². The first-order chi connectivity index (χ1) is 16.1. The molecule has 1 aliphatic carbocycles. The van der Waals surface area contributed by atoms with Gasteiger partial charge in [-0.25, -0.2) is 4.98 Å². The fourth-order valence-corrected chi connectivity index (χ4v) is 4.25. The molecule has 0 amide bonds. The third kappa shape index (κ3) is 6.09. The number of ether oxygens (including phenoxy) is 2. The van der Waals surface area contributed by atoms with Gasteiger partial charge in [0.2, 0.25) is 5.88 Å². The van der Waals surface area contributed by atoms with Crippen molar-refractivity contribution in [3.05, 3.63) is 71.2 Å². The molecular formula is C27H30N4O2. The normalized spacial score (nSPS) is 13.6. The summed E-state index contributed by atoms with van der Waals surface area (Å²) in [6, 6.07) is 17.8. The average Bonchev–Trinajstić information content (AvgIpc) is 3.36. The summed E-state index contributed by atoms with van der Waals surface area (Å²) in [5, 5.41) is 9.37. The number of aromatic nitrogens is 2. The number of benzene rings is 2. The molecule has 1 aliphatic rings. The van der Waals surface area contributed by atoms with Crippen LogP contribution in [0, 0.1) is 24.2 Å². The highest BCUT2D eigenvalue weighted by Gasteiger charge is 2.16. The fraction of sp³-hybridized carbons (Fsp3) is 0.370. The Balaban J connectivity index is 1.50. The Labute approximate surface area is 195 Å². The number of nitriles is 1. The minimum atomic E-state index is 0.260. The summed E-state index contributed by atoms with van der Waals surface area (Å²) in [6.45, 7) is 3.44. The maximum atomic E-state index is 9.37. The summed E-state index contributed by atoms with van der Waals surface area (Å²) < 4.78 is 12.1. The minimum Gasteiger partial charge on any atom is -0.487 e. The van der Waals surface area contributed by atoms with Crippen molar-refractivity contribution in [2.24, 2.45) is 11.7 Å². The van der Waals surface area contributed by atoms with E-state index in [1.807, 2.05) is 19.1 Å². The van der Waals surface area contributed by atoms with E-state index in [-0.39, 0.29) is 6.61 Å². The molecule has 0 unspecified atom stereocenters. The summed E-state index contributed by atoms with van der Waals surface area (Å²) in [4.78, 5) is 8.94. The largest absolute Gasteiger partial charge is 0.487 e. The van der Waals surface area contributed by atoms with Crippen LogP contribution in [-0.4, -0.2) is 23.1 Å². The van der Waals surface area contributed by atoms with Crippen molar-refractivity contribution >= 4 is 0 Å². The van der Waals surface area contributed by atoms with Crippen LogP contribution in [0.5, 0.6) is 11.6 Å². The zero-order valence-corrected chi connectivity index (χ0v) is 19.1. The number of hydrogen-bond acceptors (Lipinski definition) is 6. The van der Waals surface area contributed by atoms with Crippen LogP contribution in [-0.2, 0) is 13.0 Å². The van der Waals surface area contributed by atoms with E-state index in [0.29, 0.717) is 42.1 Å². The van der Waals surface area contributed by atoms with Gasteiger partial charge in [0.15, 0.2) is 0 Å². The maximum absolute atomic E-state index is 9.37. The molecule has 33 heavy (non-hydrogen) atoms. The van der Waals surface area contributed by atoms with E-state index in [1.54, 1.807) is 12.1 Å². The van der Waals surface area contributed by atoms with Crippen molar-refractivity contribution in [3.8, 4) is 28.8 Å². The topological polar surface area (TPSA) is 94.0 Å². The second-order valence-electron chi connectivity index (χ2n) is 8.55. The quantitative estimate of drug-likeness (QED) is 0.503. The molecule has 1 heterocycles. The van der Waals surface area contributed by atoms with Crippen molar-refractivity contribution in [1.82, 2.24) is 9.97 Å². The molecule has 3 aromatic rings. The van der Waals surface area contributed by atoms with Crippen molar-refractivity contribution in [2.45, 2.75) is 45.6 Å². The van der Waals surface area contributed by atoms with Crippen LogP contribution >= 0.6 is 0 Å². The number of hydrogen-bond donors (Lipinski definition) is 1. The molecule has 0 spiro atoms. The van der Waals surface area contributed by atoms with E-state index < -0.39 is 0 Å². The van der Waals surface area contributed by atoms with Crippen LogP contribution in [0.2, 0.25) is 0 Å². The first kappa shape index (κ1) is 22.8. The van der Waals surface area contributed by atoms with Gasteiger partial charge >= 0.3 is 0 Å². The number of nitrogens with two attached hydrogens (primary N) is 1. The summed E-state index contributed by atoms with van der Waals surface area (Å²) in [5.41, 5.74) is 10.1. The highest BCUT2D eigenvalue weighted by atomic mass is 16.5. The van der Waals surface area contributed by atoms with Gasteiger partial charge in [0, 0.05) is 11.6 Å². The third-order valence-electron chi connectivity index (χ3n) is 5.99. The second kappa shape index (κ2) is 10.9. The molecule has 4 rings (SSSR count). The lowest BCUT2D eigenvalue weighted by molar-refractivity contribution is 0.240. The van der Waals surface area contributed by atoms with Gasteiger partial charge in [0.25, 0.3) is 0 Å². The molecule has 6 nitrogen and oxygen atoms in total. The molecule has 6 heteroatoms. The van der Waals surface area contributed by atoms with Crippen molar-refractivity contribution < 1.29 is 9.47 Å². The van der Waals surface area contributed by atoms with Crippen molar-refractivity contribution in [2.75, 3.05) is 13.2 Å². The Morgan fingerprint density at radius 3 is 2.55 bits per heavy atom. The van der Waals surface area contributed by atoms with Crippen molar-refractivity contribution in [3.63, 3.8) is 0 Å². The smallest absolute Gasteiger partial charge is 0.216 e. The molecule has 0 saturated heterocycles. The van der Waals surface area contributed by atoms with Gasteiger partial charge in [-0.3, -0.25) is 0 Å². The van der Waals surface area contributed by atoms with Crippen LogP contribution in [0.25, 0.3) is 11.1 Å². The lowest BCUT2D eigenvalue weighted by Gasteiger charge is -2.14. The predicted molar refractivity (Wildman–Crippen MR) is 128 cm³/mol. The Bertz CT molecular complexity index is 1120. The second-order valence-corrected chi connectivity index (χ2v) is 8.55. The molecule has 1 aromatic heterocycles. The van der Waals surface area contributed by atoms with Gasteiger partial charge in [0.05, 0.1) is 23.9 Å². The van der Waals surface area contributed by atoms with Gasteiger partial charge in [-0.2, -0.15) is 10.2 Å². The zero-order valence-electron chi connectivity index (χ0n) is 19.1. The molecule has 1 fully saturated rings. The minimum absolute atomic E-state index is 0.260. The van der Waals surface area contributed by atoms with Crippen molar-refractivity contribution in [1.29, 1.82) is 5.26 Å². The molecule has 2 N–H and O–H groups in total. The SMILES string of the molecule is Cc1nc(COc2cc(C#N)ccc2-c2ccc(CCN)cc2)cc(OCC2CCCC2)n1. The van der Waals surface area contributed by atoms with E-state index in [4.69, 9.17) is 15.2 Å². The first-order valence-electron chi connectivity index (χ1n) is 11.6. The monoisotopic (exact) mass is 442 g/mol. The van der Waals surface area contributed by atoms with Crippen LogP contribution in [0.3, 0.4) is 0 Å². The van der Waals surface area contributed by atoms with Crippen LogP contribution < -0.4 is 15.2 Å². The molecule has 170 valence electrons.